The number of carbonyl (C=O) groups excluding carboxylic acids is 3. The molecule has 0 bridgehead atoms. The van der Waals surface area contributed by atoms with Crippen LogP contribution in [-0.4, -0.2) is 59.0 Å². The number of Topliss-reactive ketones (excluding diaryl/α,β-unsaturated/α-hetero) is 1. The van der Waals surface area contributed by atoms with E-state index in [2.05, 4.69) is 4.74 Å². The first-order chi connectivity index (χ1) is 21.1. The van der Waals surface area contributed by atoms with Crippen LogP contribution in [0.5, 0.6) is 17.2 Å². The lowest BCUT2D eigenvalue weighted by Gasteiger charge is -2.29. The predicted molar refractivity (Wildman–Crippen MR) is 145 cm³/mol. The van der Waals surface area contributed by atoms with Crippen molar-refractivity contribution >= 4 is 24.2 Å². The number of halogens is 6. The summed E-state index contributed by atoms with van der Waals surface area (Å²) in [6.07, 6.45) is -10.6. The predicted octanol–water partition coefficient (Wildman–Crippen LogP) is 5.56. The minimum atomic E-state index is -5.41. The highest BCUT2D eigenvalue weighted by Gasteiger charge is 2.54. The van der Waals surface area contributed by atoms with E-state index in [1.807, 2.05) is 0 Å². The summed E-state index contributed by atoms with van der Waals surface area (Å²) in [5.74, 6) is -6.08. The molecule has 0 aliphatic heterocycles. The standard InChI is InChI=1S/C30H24F6O10/c1-14(38)17-11-19(24(45-13-37)12-18(17)25(39)40)26(41)46-23-8-6-16(10-21(23)28(3,43)30(34,35)36)15-5-7-22(44-4)20(9-15)27(2,42)29(31,32)33/h5-13,42-43H,1-4H3,(H,39,40). The Bertz CT molecular complexity index is 1710. The van der Waals surface area contributed by atoms with Gasteiger partial charge in [0.1, 0.15) is 22.8 Å². The zero-order valence-electron chi connectivity index (χ0n) is 24.2. The number of hydrogen-bond acceptors (Lipinski definition) is 9. The smallest absolute Gasteiger partial charge is 0.421 e. The topological polar surface area (TPSA) is 157 Å². The van der Waals surface area contributed by atoms with Crippen LogP contribution in [0.15, 0.2) is 48.5 Å². The van der Waals surface area contributed by atoms with Crippen LogP contribution in [0, 0.1) is 0 Å². The third-order valence-corrected chi connectivity index (χ3v) is 6.99. The molecule has 0 saturated carbocycles. The van der Waals surface area contributed by atoms with Crippen LogP contribution in [0.1, 0.15) is 63.0 Å². The molecule has 3 rings (SSSR count). The summed E-state index contributed by atoms with van der Waals surface area (Å²) in [4.78, 5) is 47.8. The summed E-state index contributed by atoms with van der Waals surface area (Å²) >= 11 is 0. The molecule has 3 aromatic carbocycles. The third-order valence-electron chi connectivity index (χ3n) is 6.99. The zero-order chi connectivity index (χ0) is 35.0. The van der Waals surface area contributed by atoms with Crippen molar-refractivity contribution in [3.8, 4) is 28.4 Å². The van der Waals surface area contributed by atoms with E-state index in [1.165, 1.54) is 0 Å². The third kappa shape index (κ3) is 6.67. The van der Waals surface area contributed by atoms with Gasteiger partial charge in [0.05, 0.1) is 12.7 Å². The molecule has 0 heterocycles. The molecular formula is C30H24F6O10. The normalized spacial score (nSPS) is 14.4. The lowest BCUT2D eigenvalue weighted by Crippen LogP contribution is -2.40. The molecule has 0 aliphatic carbocycles. The lowest BCUT2D eigenvalue weighted by molar-refractivity contribution is -0.259. The van der Waals surface area contributed by atoms with Crippen molar-refractivity contribution in [1.82, 2.24) is 0 Å². The van der Waals surface area contributed by atoms with Crippen molar-refractivity contribution in [2.24, 2.45) is 0 Å². The molecule has 0 amide bonds. The number of ketones is 1. The van der Waals surface area contributed by atoms with E-state index in [9.17, 15) is 60.8 Å². The summed E-state index contributed by atoms with van der Waals surface area (Å²) in [6.45, 7) is 1.51. The molecule has 0 radical (unpaired) electrons. The summed E-state index contributed by atoms with van der Waals surface area (Å²) in [5.41, 5.74) is -11.4. The number of methoxy groups -OCH3 is 1. The first kappa shape index (κ1) is 35.5. The quantitative estimate of drug-likeness (QED) is 0.0829. The number of hydrogen-bond donors (Lipinski definition) is 3. The zero-order valence-corrected chi connectivity index (χ0v) is 24.2. The number of carbonyl (C=O) groups is 4. The second-order valence-corrected chi connectivity index (χ2v) is 10.1. The minimum Gasteiger partial charge on any atom is -0.496 e. The largest absolute Gasteiger partial charge is 0.496 e. The Morgan fingerprint density at radius 1 is 0.717 bits per heavy atom. The van der Waals surface area contributed by atoms with Crippen LogP contribution in [0.25, 0.3) is 11.1 Å². The Balaban J connectivity index is 2.24. The molecule has 46 heavy (non-hydrogen) atoms. The monoisotopic (exact) mass is 658 g/mol. The average Bonchev–Trinajstić information content (AvgIpc) is 2.95. The molecule has 0 aliphatic rings. The fourth-order valence-electron chi connectivity index (χ4n) is 4.26. The molecule has 0 aromatic heterocycles. The summed E-state index contributed by atoms with van der Waals surface area (Å²) < 4.78 is 97.8. The number of esters is 1. The van der Waals surface area contributed by atoms with E-state index in [0.717, 1.165) is 44.4 Å². The Morgan fingerprint density at radius 2 is 1.20 bits per heavy atom. The van der Waals surface area contributed by atoms with E-state index in [0.29, 0.717) is 32.0 Å². The Hall–Kier alpha value is -4.96. The highest BCUT2D eigenvalue weighted by molar-refractivity contribution is 6.08. The maximum absolute atomic E-state index is 14.1. The molecule has 246 valence electrons. The van der Waals surface area contributed by atoms with Crippen molar-refractivity contribution in [2.45, 2.75) is 44.3 Å². The number of rotatable bonds is 10. The van der Waals surface area contributed by atoms with Gasteiger partial charge in [0, 0.05) is 16.7 Å². The van der Waals surface area contributed by atoms with Gasteiger partial charge in [-0.05, 0) is 68.3 Å². The molecule has 3 aromatic rings. The van der Waals surface area contributed by atoms with Crippen molar-refractivity contribution in [1.29, 1.82) is 0 Å². The number of benzene rings is 3. The van der Waals surface area contributed by atoms with Crippen LogP contribution < -0.4 is 14.2 Å². The number of carboxylic acid groups (broad SMARTS) is 1. The van der Waals surface area contributed by atoms with Gasteiger partial charge in [0.15, 0.2) is 17.0 Å². The average molecular weight is 659 g/mol. The van der Waals surface area contributed by atoms with Crippen LogP contribution in [0.4, 0.5) is 26.3 Å². The molecule has 0 fully saturated rings. The summed E-state index contributed by atoms with van der Waals surface area (Å²) in [7, 11) is 1.03. The van der Waals surface area contributed by atoms with E-state index in [4.69, 9.17) is 9.47 Å². The minimum absolute atomic E-state index is 0.172. The SMILES string of the molecule is COc1ccc(-c2ccc(OC(=O)c3cc(C(C)=O)c(C(=O)O)cc3OC=O)c(C(C)(O)C(F)(F)F)c2)cc1C(C)(O)C(F)(F)F. The number of ether oxygens (including phenoxy) is 3. The van der Waals surface area contributed by atoms with E-state index >= 15 is 0 Å². The first-order valence-corrected chi connectivity index (χ1v) is 12.7. The van der Waals surface area contributed by atoms with Gasteiger partial charge in [-0.25, -0.2) is 9.59 Å². The molecule has 0 spiro atoms. The van der Waals surface area contributed by atoms with Gasteiger partial charge in [0.25, 0.3) is 6.47 Å². The van der Waals surface area contributed by atoms with Gasteiger partial charge in [0.2, 0.25) is 0 Å². The lowest BCUT2D eigenvalue weighted by atomic mass is 9.88. The van der Waals surface area contributed by atoms with E-state index in [-0.39, 0.29) is 17.6 Å². The first-order valence-electron chi connectivity index (χ1n) is 12.7. The molecule has 0 saturated heterocycles. The highest BCUT2D eigenvalue weighted by atomic mass is 19.4. The second-order valence-electron chi connectivity index (χ2n) is 10.1. The van der Waals surface area contributed by atoms with Gasteiger partial charge < -0.3 is 29.5 Å². The van der Waals surface area contributed by atoms with Gasteiger partial charge in [-0.15, -0.1) is 0 Å². The van der Waals surface area contributed by atoms with Crippen molar-refractivity contribution < 1.29 is 75.1 Å². The van der Waals surface area contributed by atoms with Gasteiger partial charge in [-0.3, -0.25) is 9.59 Å². The summed E-state index contributed by atoms with van der Waals surface area (Å²) in [6, 6.07) is 6.85. The number of aromatic carboxylic acids is 1. The molecule has 2 unspecified atom stereocenters. The van der Waals surface area contributed by atoms with Crippen LogP contribution >= 0.6 is 0 Å². The Kier molecular flexibility index (Phi) is 9.61. The van der Waals surface area contributed by atoms with E-state index < -0.39 is 86.3 Å². The molecule has 10 nitrogen and oxygen atoms in total. The molecular weight excluding hydrogens is 634 g/mol. The fourth-order valence-corrected chi connectivity index (χ4v) is 4.26. The van der Waals surface area contributed by atoms with Crippen molar-refractivity contribution in [2.75, 3.05) is 7.11 Å². The van der Waals surface area contributed by atoms with E-state index in [1.54, 1.807) is 0 Å². The Morgan fingerprint density at radius 3 is 1.61 bits per heavy atom. The fraction of sp³-hybridized carbons (Fsp3) is 0.267. The molecule has 3 N–H and O–H groups in total. The Labute approximate surface area is 255 Å². The van der Waals surface area contributed by atoms with Gasteiger partial charge in [-0.1, -0.05) is 12.1 Å². The second kappa shape index (κ2) is 12.4. The number of alkyl halides is 6. The molecule has 2 atom stereocenters. The molecule has 16 heteroatoms. The number of carboxylic acids is 1. The van der Waals surface area contributed by atoms with Crippen LogP contribution in [0.3, 0.4) is 0 Å². The van der Waals surface area contributed by atoms with Crippen LogP contribution in [0.2, 0.25) is 0 Å². The van der Waals surface area contributed by atoms with Gasteiger partial charge in [-0.2, -0.15) is 26.3 Å². The maximum atomic E-state index is 14.1. The van der Waals surface area contributed by atoms with Crippen molar-refractivity contribution in [3.63, 3.8) is 0 Å². The number of aliphatic hydroxyl groups is 2. The highest BCUT2D eigenvalue weighted by Crippen LogP contribution is 2.46. The maximum Gasteiger partial charge on any atom is 0.421 e. The van der Waals surface area contributed by atoms with Crippen molar-refractivity contribution in [3.05, 3.63) is 76.3 Å². The van der Waals surface area contributed by atoms with Crippen LogP contribution in [-0.2, 0) is 16.0 Å². The summed E-state index contributed by atoms with van der Waals surface area (Å²) in [5, 5.41) is 30.3. The van der Waals surface area contributed by atoms with Gasteiger partial charge >= 0.3 is 24.3 Å².